The van der Waals surface area contributed by atoms with Crippen LogP contribution in [0, 0.1) is 0 Å². The largest absolute Gasteiger partial charge is 0.444 e. The van der Waals surface area contributed by atoms with Gasteiger partial charge >= 0.3 is 6.09 Å². The lowest BCUT2D eigenvalue weighted by atomic mass is 10.2. The van der Waals surface area contributed by atoms with Crippen molar-refractivity contribution < 1.29 is 19.1 Å². The third-order valence-electron chi connectivity index (χ3n) is 3.91. The first-order valence-corrected chi connectivity index (χ1v) is 10.9. The minimum Gasteiger partial charge on any atom is -0.444 e. The highest BCUT2D eigenvalue weighted by atomic mass is 28.4. The molecule has 0 bridgehead atoms. The summed E-state index contributed by atoms with van der Waals surface area (Å²) in [5, 5.41) is 12.2. The molecule has 0 radical (unpaired) electrons. The maximum absolute atomic E-state index is 11.7. The normalized spacial score (nSPS) is 14.6. The number of carbonyl (C=O) groups excluding carboxylic acids is 1. The SMILES string of the molecule is CC(C)(C)OC(=O)N[C@H](CO)CCCO[Si](C)(C)C(C)(C)C. The highest BCUT2D eigenvalue weighted by molar-refractivity contribution is 6.74. The number of hydrogen-bond donors (Lipinski definition) is 2. The molecule has 0 aromatic heterocycles. The molecule has 1 atom stereocenters. The van der Waals surface area contributed by atoms with Crippen LogP contribution < -0.4 is 5.32 Å². The van der Waals surface area contributed by atoms with Gasteiger partial charge in [-0.05, 0) is 51.7 Å². The van der Waals surface area contributed by atoms with Gasteiger partial charge in [0.05, 0.1) is 12.6 Å². The zero-order chi connectivity index (χ0) is 17.6. The minimum absolute atomic E-state index is 0.0979. The fraction of sp³-hybridized carbons (Fsp3) is 0.938. The Bertz CT molecular complexity index is 345. The van der Waals surface area contributed by atoms with Crippen molar-refractivity contribution >= 4 is 14.4 Å². The van der Waals surface area contributed by atoms with Crippen molar-refractivity contribution in [1.29, 1.82) is 0 Å². The van der Waals surface area contributed by atoms with Gasteiger partial charge in [-0.1, -0.05) is 20.8 Å². The third-order valence-corrected chi connectivity index (χ3v) is 8.45. The van der Waals surface area contributed by atoms with E-state index in [9.17, 15) is 9.90 Å². The summed E-state index contributed by atoms with van der Waals surface area (Å²) < 4.78 is 11.3. The zero-order valence-electron chi connectivity index (χ0n) is 15.6. The summed E-state index contributed by atoms with van der Waals surface area (Å²) in [4.78, 5) is 11.7. The molecule has 1 amide bonds. The van der Waals surface area contributed by atoms with Crippen LogP contribution in [0.4, 0.5) is 4.79 Å². The van der Waals surface area contributed by atoms with Gasteiger partial charge in [-0.2, -0.15) is 0 Å². The Morgan fingerprint density at radius 3 is 2.14 bits per heavy atom. The van der Waals surface area contributed by atoms with Crippen molar-refractivity contribution in [3.63, 3.8) is 0 Å². The van der Waals surface area contributed by atoms with Crippen molar-refractivity contribution in [3.8, 4) is 0 Å². The van der Waals surface area contributed by atoms with Crippen LogP contribution >= 0.6 is 0 Å². The molecule has 0 aliphatic heterocycles. The summed E-state index contributed by atoms with van der Waals surface area (Å²) in [5.74, 6) is 0. The molecule has 132 valence electrons. The molecule has 0 spiro atoms. The van der Waals surface area contributed by atoms with Gasteiger partial charge < -0.3 is 19.6 Å². The Hall–Kier alpha value is -0.593. The van der Waals surface area contributed by atoms with E-state index in [-0.39, 0.29) is 17.7 Å². The van der Waals surface area contributed by atoms with Gasteiger partial charge in [0.15, 0.2) is 8.32 Å². The molecule has 2 N–H and O–H groups in total. The molecular weight excluding hydrogens is 298 g/mol. The summed E-state index contributed by atoms with van der Waals surface area (Å²) >= 11 is 0. The molecule has 0 aliphatic rings. The molecule has 5 nitrogen and oxygen atoms in total. The van der Waals surface area contributed by atoms with Gasteiger partial charge in [0.2, 0.25) is 0 Å². The maximum atomic E-state index is 11.7. The molecule has 6 heteroatoms. The Labute approximate surface area is 136 Å². The van der Waals surface area contributed by atoms with Gasteiger partial charge in [-0.3, -0.25) is 0 Å². The molecule has 0 aromatic carbocycles. The fourth-order valence-electron chi connectivity index (χ4n) is 1.56. The van der Waals surface area contributed by atoms with Gasteiger partial charge in [-0.15, -0.1) is 0 Å². The average molecular weight is 334 g/mol. The van der Waals surface area contributed by atoms with E-state index in [1.165, 1.54) is 0 Å². The number of carbonyl (C=O) groups is 1. The van der Waals surface area contributed by atoms with Crippen molar-refractivity contribution in [1.82, 2.24) is 5.32 Å². The van der Waals surface area contributed by atoms with E-state index >= 15 is 0 Å². The summed E-state index contributed by atoms with van der Waals surface area (Å²) in [6.45, 7) is 17.1. The average Bonchev–Trinajstić information content (AvgIpc) is 2.29. The second-order valence-corrected chi connectivity index (χ2v) is 13.1. The molecule has 0 heterocycles. The van der Waals surface area contributed by atoms with Crippen molar-refractivity contribution in [2.24, 2.45) is 0 Å². The van der Waals surface area contributed by atoms with Crippen LogP contribution in [0.15, 0.2) is 0 Å². The second-order valence-electron chi connectivity index (χ2n) is 8.28. The standard InChI is InChI=1S/C16H35NO4Si/c1-15(2,3)21-14(19)17-13(12-18)10-9-11-20-22(7,8)16(4,5)6/h13,18H,9-12H2,1-8H3,(H,17,19)/t13-/m0/s1. The number of alkyl carbamates (subject to hydrolysis) is 1. The number of nitrogens with one attached hydrogen (secondary N) is 1. The van der Waals surface area contributed by atoms with Crippen molar-refractivity contribution in [2.75, 3.05) is 13.2 Å². The third kappa shape index (κ3) is 8.75. The Morgan fingerprint density at radius 1 is 1.18 bits per heavy atom. The minimum atomic E-state index is -1.73. The lowest BCUT2D eigenvalue weighted by Gasteiger charge is -2.36. The highest BCUT2D eigenvalue weighted by Gasteiger charge is 2.36. The molecule has 22 heavy (non-hydrogen) atoms. The predicted molar refractivity (Wildman–Crippen MR) is 92.6 cm³/mol. The molecule has 0 fully saturated rings. The number of rotatable bonds is 7. The van der Waals surface area contributed by atoms with E-state index in [4.69, 9.17) is 9.16 Å². The lowest BCUT2D eigenvalue weighted by molar-refractivity contribution is 0.0476. The first kappa shape index (κ1) is 21.4. The van der Waals surface area contributed by atoms with E-state index in [2.05, 4.69) is 39.2 Å². The van der Waals surface area contributed by atoms with Crippen LogP contribution in [-0.4, -0.2) is 44.4 Å². The maximum Gasteiger partial charge on any atom is 0.407 e. The Kier molecular flexibility index (Phi) is 8.09. The Balaban J connectivity index is 4.14. The fourth-order valence-corrected chi connectivity index (χ4v) is 2.64. The van der Waals surface area contributed by atoms with Gasteiger partial charge in [0.1, 0.15) is 5.60 Å². The number of ether oxygens (including phenoxy) is 1. The molecule has 0 saturated carbocycles. The molecule has 0 aromatic rings. The second kappa shape index (κ2) is 8.31. The van der Waals surface area contributed by atoms with Crippen LogP contribution in [0.1, 0.15) is 54.4 Å². The van der Waals surface area contributed by atoms with Crippen LogP contribution in [-0.2, 0) is 9.16 Å². The summed E-state index contributed by atoms with van der Waals surface area (Å²) in [5.41, 5.74) is -0.532. The summed E-state index contributed by atoms with van der Waals surface area (Å²) in [6, 6.07) is -0.294. The molecule has 0 aliphatic carbocycles. The number of aliphatic hydroxyl groups is 1. The van der Waals surface area contributed by atoms with E-state index in [1.807, 2.05) is 20.8 Å². The lowest BCUT2D eigenvalue weighted by Crippen LogP contribution is -2.42. The quantitative estimate of drug-likeness (QED) is 0.551. The van der Waals surface area contributed by atoms with Gasteiger partial charge in [0.25, 0.3) is 0 Å². The smallest absolute Gasteiger partial charge is 0.407 e. The number of amides is 1. The first-order chi connectivity index (χ1) is 9.78. The Morgan fingerprint density at radius 2 is 1.73 bits per heavy atom. The van der Waals surface area contributed by atoms with E-state index < -0.39 is 20.0 Å². The monoisotopic (exact) mass is 333 g/mol. The van der Waals surface area contributed by atoms with E-state index in [0.29, 0.717) is 13.0 Å². The van der Waals surface area contributed by atoms with Crippen molar-refractivity contribution in [2.45, 2.75) is 84.2 Å². The molecular formula is C16H35NO4Si. The molecule has 0 unspecified atom stereocenters. The van der Waals surface area contributed by atoms with E-state index in [1.54, 1.807) is 0 Å². The van der Waals surface area contributed by atoms with Crippen LogP contribution in [0.3, 0.4) is 0 Å². The molecule has 0 saturated heterocycles. The summed E-state index contributed by atoms with van der Waals surface area (Å²) in [7, 11) is -1.73. The summed E-state index contributed by atoms with van der Waals surface area (Å²) in [6.07, 6.45) is 0.981. The topological polar surface area (TPSA) is 67.8 Å². The van der Waals surface area contributed by atoms with Gasteiger partial charge in [0, 0.05) is 6.61 Å². The van der Waals surface area contributed by atoms with Crippen LogP contribution in [0.5, 0.6) is 0 Å². The number of aliphatic hydroxyl groups excluding tert-OH is 1. The van der Waals surface area contributed by atoms with Gasteiger partial charge in [-0.25, -0.2) is 4.79 Å². The molecule has 0 rings (SSSR count). The highest BCUT2D eigenvalue weighted by Crippen LogP contribution is 2.36. The van der Waals surface area contributed by atoms with Crippen LogP contribution in [0.25, 0.3) is 0 Å². The first-order valence-electron chi connectivity index (χ1n) is 8.03. The van der Waals surface area contributed by atoms with Crippen LogP contribution in [0.2, 0.25) is 18.1 Å². The van der Waals surface area contributed by atoms with E-state index in [0.717, 1.165) is 6.42 Å². The van der Waals surface area contributed by atoms with Crippen molar-refractivity contribution in [3.05, 3.63) is 0 Å². The zero-order valence-corrected chi connectivity index (χ0v) is 16.6. The predicted octanol–water partition coefficient (Wildman–Crippen LogP) is 3.67. The number of hydrogen-bond acceptors (Lipinski definition) is 4.